The third-order valence-corrected chi connectivity index (χ3v) is 3.03. The van der Waals surface area contributed by atoms with Crippen LogP contribution in [0.4, 0.5) is 0 Å². The number of furan rings is 1. The van der Waals surface area contributed by atoms with Gasteiger partial charge in [-0.2, -0.15) is 0 Å². The van der Waals surface area contributed by atoms with Crippen molar-refractivity contribution in [3.63, 3.8) is 0 Å². The fourth-order valence-electron chi connectivity index (χ4n) is 2.19. The van der Waals surface area contributed by atoms with Crippen LogP contribution in [0.3, 0.4) is 0 Å². The molecule has 2 unspecified atom stereocenters. The molecule has 0 spiro atoms. The highest BCUT2D eigenvalue weighted by atomic mass is 16.3. The third-order valence-electron chi connectivity index (χ3n) is 3.03. The van der Waals surface area contributed by atoms with E-state index in [1.807, 2.05) is 6.07 Å². The first-order valence-corrected chi connectivity index (χ1v) is 5.31. The van der Waals surface area contributed by atoms with Crippen molar-refractivity contribution in [1.29, 1.82) is 0 Å². The molecule has 1 aliphatic rings. The summed E-state index contributed by atoms with van der Waals surface area (Å²) in [6.07, 6.45) is 6.39. The van der Waals surface area contributed by atoms with Gasteiger partial charge in [0.2, 0.25) is 5.91 Å². The molecule has 0 saturated heterocycles. The zero-order chi connectivity index (χ0) is 10.7. The van der Waals surface area contributed by atoms with Gasteiger partial charge < -0.3 is 15.5 Å². The number of nitrogens with one attached hydrogen (secondary N) is 1. The van der Waals surface area contributed by atoms with Crippen molar-refractivity contribution in [1.82, 2.24) is 5.32 Å². The summed E-state index contributed by atoms with van der Waals surface area (Å²) in [5.74, 6) is -0.186. The fourth-order valence-corrected chi connectivity index (χ4v) is 2.19. The van der Waals surface area contributed by atoms with E-state index in [2.05, 4.69) is 5.32 Å². The van der Waals surface area contributed by atoms with Gasteiger partial charge in [0.05, 0.1) is 18.4 Å². The van der Waals surface area contributed by atoms with E-state index in [0.717, 1.165) is 31.4 Å². The first-order chi connectivity index (χ1) is 7.27. The summed E-state index contributed by atoms with van der Waals surface area (Å²) in [5.41, 5.74) is 6.44. The standard InChI is InChI=1S/C11H16N2O2/c12-11(14)9-2-1-3-10(9)13-6-8-4-5-15-7-8/h4-5,7,9-10,13H,1-3,6H2,(H2,12,14). The normalized spacial score (nSPS) is 25.6. The van der Waals surface area contributed by atoms with Gasteiger partial charge in [0.1, 0.15) is 0 Å². The minimum atomic E-state index is -0.183. The quantitative estimate of drug-likeness (QED) is 0.776. The maximum absolute atomic E-state index is 11.1. The molecule has 0 aliphatic heterocycles. The van der Waals surface area contributed by atoms with Crippen LogP contribution in [0.25, 0.3) is 0 Å². The molecule has 82 valence electrons. The Kier molecular flexibility index (Phi) is 3.06. The molecular weight excluding hydrogens is 192 g/mol. The van der Waals surface area contributed by atoms with E-state index in [0.29, 0.717) is 0 Å². The van der Waals surface area contributed by atoms with Crippen molar-refractivity contribution in [3.8, 4) is 0 Å². The molecule has 4 nitrogen and oxygen atoms in total. The first-order valence-electron chi connectivity index (χ1n) is 5.31. The zero-order valence-corrected chi connectivity index (χ0v) is 8.61. The van der Waals surface area contributed by atoms with E-state index < -0.39 is 0 Å². The highest BCUT2D eigenvalue weighted by molar-refractivity contribution is 5.77. The molecule has 15 heavy (non-hydrogen) atoms. The predicted octanol–water partition coefficient (Wildman–Crippen LogP) is 1.02. The van der Waals surface area contributed by atoms with Crippen LogP contribution in [0.5, 0.6) is 0 Å². The maximum atomic E-state index is 11.1. The second-order valence-corrected chi connectivity index (χ2v) is 4.06. The van der Waals surface area contributed by atoms with Crippen LogP contribution in [-0.2, 0) is 11.3 Å². The van der Waals surface area contributed by atoms with Crippen LogP contribution in [-0.4, -0.2) is 11.9 Å². The van der Waals surface area contributed by atoms with Crippen molar-refractivity contribution in [3.05, 3.63) is 24.2 Å². The number of hydrogen-bond acceptors (Lipinski definition) is 3. The molecule has 1 saturated carbocycles. The highest BCUT2D eigenvalue weighted by Crippen LogP contribution is 2.25. The van der Waals surface area contributed by atoms with Crippen molar-refractivity contribution in [2.75, 3.05) is 0 Å². The average Bonchev–Trinajstić information content (AvgIpc) is 2.86. The topological polar surface area (TPSA) is 68.3 Å². The molecular formula is C11H16N2O2. The van der Waals surface area contributed by atoms with Gasteiger partial charge in [-0.1, -0.05) is 6.42 Å². The Hall–Kier alpha value is -1.29. The molecule has 2 atom stereocenters. The van der Waals surface area contributed by atoms with Gasteiger partial charge in [-0.15, -0.1) is 0 Å². The number of rotatable bonds is 4. The summed E-state index contributed by atoms with van der Waals surface area (Å²) in [5, 5.41) is 3.35. The summed E-state index contributed by atoms with van der Waals surface area (Å²) in [4.78, 5) is 11.1. The van der Waals surface area contributed by atoms with E-state index >= 15 is 0 Å². The number of nitrogens with two attached hydrogens (primary N) is 1. The van der Waals surface area contributed by atoms with E-state index in [4.69, 9.17) is 10.2 Å². The molecule has 4 heteroatoms. The smallest absolute Gasteiger partial charge is 0.222 e. The molecule has 1 aromatic heterocycles. The molecule has 1 heterocycles. The van der Waals surface area contributed by atoms with Crippen molar-refractivity contribution < 1.29 is 9.21 Å². The summed E-state index contributed by atoms with van der Waals surface area (Å²) in [6, 6.07) is 2.15. The number of primary amides is 1. The molecule has 0 radical (unpaired) electrons. The van der Waals surface area contributed by atoms with Gasteiger partial charge in [-0.05, 0) is 18.9 Å². The van der Waals surface area contributed by atoms with Crippen LogP contribution in [0, 0.1) is 5.92 Å². The monoisotopic (exact) mass is 208 g/mol. The average molecular weight is 208 g/mol. The van der Waals surface area contributed by atoms with E-state index in [1.165, 1.54) is 0 Å². The second kappa shape index (κ2) is 4.49. The lowest BCUT2D eigenvalue weighted by atomic mass is 10.0. The van der Waals surface area contributed by atoms with Gasteiger partial charge in [0.25, 0.3) is 0 Å². The van der Waals surface area contributed by atoms with Crippen molar-refractivity contribution in [2.24, 2.45) is 11.7 Å². The Bertz CT molecular complexity index is 321. The summed E-state index contributed by atoms with van der Waals surface area (Å²) in [7, 11) is 0. The van der Waals surface area contributed by atoms with Crippen LogP contribution in [0.1, 0.15) is 24.8 Å². The predicted molar refractivity (Wildman–Crippen MR) is 55.9 cm³/mol. The van der Waals surface area contributed by atoms with E-state index in [1.54, 1.807) is 12.5 Å². The van der Waals surface area contributed by atoms with Gasteiger partial charge in [0.15, 0.2) is 0 Å². The minimum absolute atomic E-state index is 0.00287. The summed E-state index contributed by atoms with van der Waals surface area (Å²) >= 11 is 0. The Balaban J connectivity index is 1.86. The fraction of sp³-hybridized carbons (Fsp3) is 0.545. The van der Waals surface area contributed by atoms with E-state index in [9.17, 15) is 4.79 Å². The molecule has 0 aromatic carbocycles. The second-order valence-electron chi connectivity index (χ2n) is 4.06. The van der Waals surface area contributed by atoms with Crippen molar-refractivity contribution in [2.45, 2.75) is 31.8 Å². The molecule has 2 rings (SSSR count). The minimum Gasteiger partial charge on any atom is -0.472 e. The lowest BCUT2D eigenvalue weighted by Gasteiger charge is -2.17. The molecule has 3 N–H and O–H groups in total. The van der Waals surface area contributed by atoms with Crippen LogP contribution in [0.2, 0.25) is 0 Å². The van der Waals surface area contributed by atoms with Gasteiger partial charge in [-0.25, -0.2) is 0 Å². The van der Waals surface area contributed by atoms with Gasteiger partial charge in [-0.3, -0.25) is 4.79 Å². The molecule has 1 aliphatic carbocycles. The largest absolute Gasteiger partial charge is 0.472 e. The summed E-state index contributed by atoms with van der Waals surface area (Å²) < 4.78 is 4.97. The third kappa shape index (κ3) is 2.39. The molecule has 1 amide bonds. The number of carbonyl (C=O) groups is 1. The molecule has 1 aromatic rings. The lowest BCUT2D eigenvalue weighted by molar-refractivity contribution is -0.122. The Morgan fingerprint density at radius 3 is 3.13 bits per heavy atom. The van der Waals surface area contributed by atoms with Crippen LogP contribution < -0.4 is 11.1 Å². The van der Waals surface area contributed by atoms with Gasteiger partial charge >= 0.3 is 0 Å². The number of hydrogen-bond donors (Lipinski definition) is 2. The first kappa shape index (κ1) is 10.2. The van der Waals surface area contributed by atoms with Crippen LogP contribution in [0.15, 0.2) is 23.0 Å². The zero-order valence-electron chi connectivity index (χ0n) is 8.61. The molecule has 1 fully saturated rings. The van der Waals surface area contributed by atoms with Gasteiger partial charge in [0, 0.05) is 18.2 Å². The SMILES string of the molecule is NC(=O)C1CCCC1NCc1ccoc1. The number of carbonyl (C=O) groups excluding carboxylic acids is 1. The number of amides is 1. The van der Waals surface area contributed by atoms with E-state index in [-0.39, 0.29) is 17.9 Å². The van der Waals surface area contributed by atoms with Crippen molar-refractivity contribution >= 4 is 5.91 Å². The highest BCUT2D eigenvalue weighted by Gasteiger charge is 2.30. The Labute approximate surface area is 88.8 Å². The summed E-state index contributed by atoms with van der Waals surface area (Å²) in [6.45, 7) is 0.741. The Morgan fingerprint density at radius 2 is 2.47 bits per heavy atom. The van der Waals surface area contributed by atoms with Crippen LogP contribution >= 0.6 is 0 Å². The molecule has 0 bridgehead atoms. The maximum Gasteiger partial charge on any atom is 0.222 e. The lowest BCUT2D eigenvalue weighted by Crippen LogP contribution is -2.38. The Morgan fingerprint density at radius 1 is 1.60 bits per heavy atom.